The first-order valence-corrected chi connectivity index (χ1v) is 13.2. The van der Waals surface area contributed by atoms with E-state index in [0.29, 0.717) is 16.7 Å². The summed E-state index contributed by atoms with van der Waals surface area (Å²) in [5.41, 5.74) is 2.42. The number of amides is 1. The number of aryl methyl sites for hydroxylation is 1. The van der Waals surface area contributed by atoms with Crippen molar-refractivity contribution in [1.29, 1.82) is 0 Å². The number of carbonyl (C=O) groups is 1. The maximum atomic E-state index is 13.5. The number of rotatable bonds is 10. The number of anilines is 1. The Hall–Kier alpha value is -2.83. The second-order valence-electron chi connectivity index (χ2n) is 8.40. The minimum Gasteiger partial charge on any atom is -0.484 e. The molecule has 34 heavy (non-hydrogen) atoms. The van der Waals surface area contributed by atoms with E-state index in [1.807, 2.05) is 30.3 Å². The number of ether oxygens (including phenoxy) is 1. The van der Waals surface area contributed by atoms with E-state index in [-0.39, 0.29) is 10.6 Å². The maximum absolute atomic E-state index is 13.5. The average molecular weight is 500 g/mol. The normalized spacial score (nSPS) is 11.4. The Morgan fingerprint density at radius 3 is 2.29 bits per heavy atom. The summed E-state index contributed by atoms with van der Waals surface area (Å²) < 4.78 is 33.5. The minimum atomic E-state index is -4.18. The highest BCUT2D eigenvalue weighted by Gasteiger charge is 2.31. The lowest BCUT2D eigenvalue weighted by atomic mass is 10.0. The van der Waals surface area contributed by atoms with Crippen molar-refractivity contribution in [2.75, 3.05) is 10.9 Å². The number of halogens is 1. The predicted octanol–water partition coefficient (Wildman–Crippen LogP) is 6.61. The van der Waals surface area contributed by atoms with Crippen LogP contribution in [-0.4, -0.2) is 20.9 Å². The summed E-state index contributed by atoms with van der Waals surface area (Å²) in [5.74, 6) is 0.122. The molecule has 0 N–H and O–H groups in total. The number of sulfonamides is 1. The van der Waals surface area contributed by atoms with E-state index in [2.05, 4.69) is 20.8 Å². The number of hydrogen-bond acceptors (Lipinski definition) is 4. The monoisotopic (exact) mass is 499 g/mol. The van der Waals surface area contributed by atoms with Crippen LogP contribution in [-0.2, 0) is 21.2 Å². The van der Waals surface area contributed by atoms with Crippen LogP contribution in [0.4, 0.5) is 5.69 Å². The molecule has 0 spiro atoms. The highest BCUT2D eigenvalue weighted by atomic mass is 35.5. The van der Waals surface area contributed by atoms with Gasteiger partial charge in [-0.3, -0.25) is 4.79 Å². The molecule has 0 fully saturated rings. The highest BCUT2D eigenvalue weighted by molar-refractivity contribution is 7.93. The summed E-state index contributed by atoms with van der Waals surface area (Å²) in [4.78, 5) is 13.2. The Balaban J connectivity index is 1.91. The van der Waals surface area contributed by atoms with Gasteiger partial charge in [0.1, 0.15) is 5.75 Å². The third-order valence-electron chi connectivity index (χ3n) is 5.46. The van der Waals surface area contributed by atoms with Crippen molar-refractivity contribution in [3.63, 3.8) is 0 Å². The van der Waals surface area contributed by atoms with Gasteiger partial charge >= 0.3 is 0 Å². The number of carbonyl (C=O) groups excluding carboxylic acids is 1. The van der Waals surface area contributed by atoms with E-state index < -0.39 is 22.5 Å². The van der Waals surface area contributed by atoms with Gasteiger partial charge in [-0.05, 0) is 78.4 Å². The van der Waals surface area contributed by atoms with Gasteiger partial charge in [-0.2, -0.15) is 4.31 Å². The number of unbranched alkanes of at least 4 members (excludes halogenated alkanes) is 1. The summed E-state index contributed by atoms with van der Waals surface area (Å²) in [6.45, 7) is 5.82. The summed E-state index contributed by atoms with van der Waals surface area (Å²) >= 11 is 5.94. The molecule has 5 nitrogen and oxygen atoms in total. The topological polar surface area (TPSA) is 63.7 Å². The second kappa shape index (κ2) is 11.5. The molecular formula is C27H30ClNO4S. The van der Waals surface area contributed by atoms with Gasteiger partial charge in [0.2, 0.25) is 0 Å². The number of hydrogen-bond donors (Lipinski definition) is 0. The lowest BCUT2D eigenvalue weighted by molar-refractivity contribution is -0.119. The molecule has 0 aromatic heterocycles. The Labute approximate surface area is 207 Å². The van der Waals surface area contributed by atoms with Gasteiger partial charge in [-0.25, -0.2) is 8.42 Å². The zero-order chi connectivity index (χ0) is 24.7. The van der Waals surface area contributed by atoms with Crippen molar-refractivity contribution in [3.05, 3.63) is 88.9 Å². The molecule has 0 saturated heterocycles. The standard InChI is InChI=1S/C27H30ClNO4S/c1-4-5-7-21-10-14-24(15-11-21)29(34(31,32)26-16-12-23(28)13-17-26)27(30)19-33-25-9-6-8-22(18-25)20(2)3/h6,8-18,20H,4-5,7,19H2,1-3H3. The van der Waals surface area contributed by atoms with Crippen molar-refractivity contribution < 1.29 is 17.9 Å². The third kappa shape index (κ3) is 6.39. The Bertz CT molecular complexity index is 1210. The number of benzene rings is 3. The molecule has 3 rings (SSSR count). The van der Waals surface area contributed by atoms with Gasteiger partial charge in [0.05, 0.1) is 10.6 Å². The van der Waals surface area contributed by atoms with Gasteiger partial charge in [-0.15, -0.1) is 0 Å². The molecule has 180 valence electrons. The van der Waals surface area contributed by atoms with Crippen LogP contribution in [0.2, 0.25) is 5.02 Å². The first-order chi connectivity index (χ1) is 16.2. The fourth-order valence-corrected chi connectivity index (χ4v) is 5.01. The van der Waals surface area contributed by atoms with Gasteiger partial charge in [0.25, 0.3) is 15.9 Å². The van der Waals surface area contributed by atoms with Crippen LogP contribution in [0.25, 0.3) is 0 Å². The summed E-state index contributed by atoms with van der Waals surface area (Å²) in [6.07, 6.45) is 2.99. The first kappa shape index (κ1) is 25.8. The molecule has 0 heterocycles. The van der Waals surface area contributed by atoms with E-state index in [9.17, 15) is 13.2 Å². The van der Waals surface area contributed by atoms with Crippen molar-refractivity contribution in [2.24, 2.45) is 0 Å². The zero-order valence-corrected chi connectivity index (χ0v) is 21.3. The smallest absolute Gasteiger partial charge is 0.278 e. The lowest BCUT2D eigenvalue weighted by Crippen LogP contribution is -2.40. The molecular weight excluding hydrogens is 470 g/mol. The van der Waals surface area contributed by atoms with Crippen molar-refractivity contribution >= 4 is 33.2 Å². The lowest BCUT2D eigenvalue weighted by Gasteiger charge is -2.23. The molecule has 7 heteroatoms. The van der Waals surface area contributed by atoms with Crippen LogP contribution < -0.4 is 9.04 Å². The molecule has 1 amide bonds. The fraction of sp³-hybridized carbons (Fsp3) is 0.296. The summed E-state index contributed by atoms with van der Waals surface area (Å²) in [6, 6.07) is 20.2. The fourth-order valence-electron chi connectivity index (χ4n) is 3.47. The van der Waals surface area contributed by atoms with E-state index in [0.717, 1.165) is 34.7 Å². The predicted molar refractivity (Wildman–Crippen MR) is 137 cm³/mol. The van der Waals surface area contributed by atoms with Crippen molar-refractivity contribution in [3.8, 4) is 5.75 Å². The van der Waals surface area contributed by atoms with E-state index in [1.165, 1.54) is 24.3 Å². The van der Waals surface area contributed by atoms with Crippen LogP contribution in [0.3, 0.4) is 0 Å². The Kier molecular flexibility index (Phi) is 8.75. The first-order valence-electron chi connectivity index (χ1n) is 11.4. The van der Waals surface area contributed by atoms with Crippen LogP contribution in [0.5, 0.6) is 5.75 Å². The Morgan fingerprint density at radius 2 is 1.68 bits per heavy atom. The van der Waals surface area contributed by atoms with E-state index >= 15 is 0 Å². The van der Waals surface area contributed by atoms with E-state index in [1.54, 1.807) is 18.2 Å². The van der Waals surface area contributed by atoms with Gasteiger partial charge < -0.3 is 4.74 Å². The molecule has 0 unspecified atom stereocenters. The van der Waals surface area contributed by atoms with Gasteiger partial charge in [0.15, 0.2) is 6.61 Å². The highest BCUT2D eigenvalue weighted by Crippen LogP contribution is 2.27. The molecule has 0 saturated carbocycles. The number of nitrogens with zero attached hydrogens (tertiary/aromatic N) is 1. The van der Waals surface area contributed by atoms with Crippen molar-refractivity contribution in [2.45, 2.75) is 50.8 Å². The second-order valence-corrected chi connectivity index (χ2v) is 10.6. The molecule has 0 atom stereocenters. The molecule has 0 bridgehead atoms. The molecule has 0 aliphatic rings. The summed E-state index contributed by atoms with van der Waals surface area (Å²) in [5, 5.41) is 0.408. The van der Waals surface area contributed by atoms with Gasteiger partial charge in [0, 0.05) is 5.02 Å². The zero-order valence-electron chi connectivity index (χ0n) is 19.7. The molecule has 0 aliphatic carbocycles. The van der Waals surface area contributed by atoms with Gasteiger partial charge in [-0.1, -0.05) is 63.1 Å². The van der Waals surface area contributed by atoms with Crippen LogP contribution in [0.15, 0.2) is 77.7 Å². The minimum absolute atomic E-state index is 0.0258. The molecule has 0 radical (unpaired) electrons. The maximum Gasteiger partial charge on any atom is 0.278 e. The Morgan fingerprint density at radius 1 is 1.00 bits per heavy atom. The van der Waals surface area contributed by atoms with Crippen LogP contribution >= 0.6 is 11.6 Å². The van der Waals surface area contributed by atoms with Crippen molar-refractivity contribution in [1.82, 2.24) is 0 Å². The molecule has 3 aromatic carbocycles. The third-order valence-corrected chi connectivity index (χ3v) is 7.47. The SMILES string of the molecule is CCCCc1ccc(N(C(=O)COc2cccc(C(C)C)c2)S(=O)(=O)c2ccc(Cl)cc2)cc1. The van der Waals surface area contributed by atoms with Crippen LogP contribution in [0, 0.1) is 0 Å². The quantitative estimate of drug-likeness (QED) is 0.315. The molecule has 3 aromatic rings. The largest absolute Gasteiger partial charge is 0.484 e. The summed E-state index contributed by atoms with van der Waals surface area (Å²) in [7, 11) is -4.18. The average Bonchev–Trinajstić information content (AvgIpc) is 2.82. The molecule has 0 aliphatic heterocycles. The van der Waals surface area contributed by atoms with E-state index in [4.69, 9.17) is 16.3 Å². The van der Waals surface area contributed by atoms with Crippen LogP contribution in [0.1, 0.15) is 50.7 Å².